The van der Waals surface area contributed by atoms with Crippen molar-refractivity contribution >= 4 is 28.5 Å². The van der Waals surface area contributed by atoms with Gasteiger partial charge in [-0.1, -0.05) is 23.7 Å². The highest BCUT2D eigenvalue weighted by Crippen LogP contribution is 2.33. The van der Waals surface area contributed by atoms with Gasteiger partial charge in [-0.2, -0.15) is 0 Å². The van der Waals surface area contributed by atoms with Crippen LogP contribution >= 0.6 is 11.6 Å². The third-order valence-electron chi connectivity index (χ3n) is 5.09. The van der Waals surface area contributed by atoms with Gasteiger partial charge in [0.05, 0.1) is 11.1 Å². The summed E-state index contributed by atoms with van der Waals surface area (Å²) < 4.78 is 21.5. The molecule has 0 radical (unpaired) electrons. The van der Waals surface area contributed by atoms with Gasteiger partial charge in [0.1, 0.15) is 11.3 Å². The Balaban J connectivity index is 1.48. The normalized spacial score (nSPS) is 12.2. The number of ether oxygens (including phenoxy) is 3. The minimum atomic E-state index is -0.561. The average molecular weight is 435 g/mol. The standard InChI is InChI=1S/C24H15ClO6/c1-13-18-8-7-17(30-23(26)15-4-9-19-21(10-15)29-12-28-19)11-20(18)31-24(27)22(13)14-2-5-16(25)6-3-14/h2-11H,12H2,1H3. The summed E-state index contributed by atoms with van der Waals surface area (Å²) in [5.74, 6) is 0.770. The van der Waals surface area contributed by atoms with E-state index in [0.29, 0.717) is 33.2 Å². The van der Waals surface area contributed by atoms with Crippen LogP contribution in [-0.2, 0) is 0 Å². The smallest absolute Gasteiger partial charge is 0.344 e. The largest absolute Gasteiger partial charge is 0.454 e. The van der Waals surface area contributed by atoms with Gasteiger partial charge < -0.3 is 18.6 Å². The molecule has 0 amide bonds. The molecule has 3 aromatic carbocycles. The minimum Gasteiger partial charge on any atom is -0.454 e. The molecule has 7 heteroatoms. The van der Waals surface area contributed by atoms with E-state index >= 15 is 0 Å². The summed E-state index contributed by atoms with van der Waals surface area (Å²) in [5.41, 5.74) is 2.12. The van der Waals surface area contributed by atoms with Crippen molar-refractivity contribution in [2.24, 2.45) is 0 Å². The molecule has 0 N–H and O–H groups in total. The van der Waals surface area contributed by atoms with Crippen molar-refractivity contribution in [1.29, 1.82) is 0 Å². The first-order valence-electron chi connectivity index (χ1n) is 9.45. The maximum Gasteiger partial charge on any atom is 0.344 e. The second kappa shape index (κ2) is 7.49. The molecule has 0 aliphatic carbocycles. The average Bonchev–Trinajstić information content (AvgIpc) is 3.23. The van der Waals surface area contributed by atoms with Gasteiger partial charge in [-0.3, -0.25) is 0 Å². The third-order valence-corrected chi connectivity index (χ3v) is 5.34. The predicted octanol–water partition coefficient (Wildman–Crippen LogP) is 5.37. The lowest BCUT2D eigenvalue weighted by Crippen LogP contribution is -2.09. The summed E-state index contributed by atoms with van der Waals surface area (Å²) >= 11 is 5.95. The van der Waals surface area contributed by atoms with Crippen molar-refractivity contribution in [3.8, 4) is 28.4 Å². The zero-order valence-electron chi connectivity index (χ0n) is 16.3. The molecule has 0 fully saturated rings. The molecular formula is C24H15ClO6. The zero-order chi connectivity index (χ0) is 21.5. The Morgan fingerprint density at radius 1 is 0.968 bits per heavy atom. The van der Waals surface area contributed by atoms with Crippen molar-refractivity contribution in [3.63, 3.8) is 0 Å². The highest BCUT2D eigenvalue weighted by Gasteiger charge is 2.18. The van der Waals surface area contributed by atoms with E-state index in [0.717, 1.165) is 16.5 Å². The van der Waals surface area contributed by atoms with Crippen LogP contribution in [0.5, 0.6) is 17.2 Å². The van der Waals surface area contributed by atoms with Gasteiger partial charge in [-0.05, 0) is 60.5 Å². The molecule has 0 bridgehead atoms. The molecule has 154 valence electrons. The van der Waals surface area contributed by atoms with Crippen LogP contribution in [0.4, 0.5) is 0 Å². The summed E-state index contributed by atoms with van der Waals surface area (Å²) in [5, 5.41) is 1.33. The van der Waals surface area contributed by atoms with Crippen LogP contribution in [0.25, 0.3) is 22.1 Å². The molecule has 0 atom stereocenters. The van der Waals surface area contributed by atoms with Crippen molar-refractivity contribution < 1.29 is 23.4 Å². The number of benzene rings is 3. The summed E-state index contributed by atoms with van der Waals surface area (Å²) in [6, 6.07) is 16.7. The molecule has 0 unspecified atom stereocenters. The molecule has 0 saturated heterocycles. The molecule has 0 saturated carbocycles. The first-order chi connectivity index (χ1) is 15.0. The molecule has 1 aromatic heterocycles. The summed E-state index contributed by atoms with van der Waals surface area (Å²) in [4.78, 5) is 25.2. The number of hydrogen-bond acceptors (Lipinski definition) is 6. The van der Waals surface area contributed by atoms with Gasteiger partial charge in [0, 0.05) is 16.5 Å². The van der Waals surface area contributed by atoms with Crippen LogP contribution < -0.4 is 19.8 Å². The topological polar surface area (TPSA) is 75.0 Å². The van der Waals surface area contributed by atoms with E-state index < -0.39 is 11.6 Å². The first-order valence-corrected chi connectivity index (χ1v) is 9.82. The van der Waals surface area contributed by atoms with Crippen LogP contribution in [0, 0.1) is 6.92 Å². The van der Waals surface area contributed by atoms with Gasteiger partial charge in [0.2, 0.25) is 6.79 Å². The number of esters is 1. The summed E-state index contributed by atoms with van der Waals surface area (Å²) in [7, 11) is 0. The SMILES string of the molecule is Cc1c(-c2ccc(Cl)cc2)c(=O)oc2cc(OC(=O)c3ccc4c(c3)OCO4)ccc12. The van der Waals surface area contributed by atoms with Crippen molar-refractivity contribution in [1.82, 2.24) is 0 Å². The fourth-order valence-electron chi connectivity index (χ4n) is 3.54. The number of aryl methyl sites for hydroxylation is 1. The van der Waals surface area contributed by atoms with Gasteiger partial charge in [-0.15, -0.1) is 0 Å². The minimum absolute atomic E-state index is 0.120. The quantitative estimate of drug-likeness (QED) is 0.245. The van der Waals surface area contributed by atoms with E-state index in [-0.39, 0.29) is 12.5 Å². The van der Waals surface area contributed by atoms with Crippen molar-refractivity contribution in [3.05, 3.63) is 87.2 Å². The Kier molecular flexibility index (Phi) is 4.64. The Bertz CT molecular complexity index is 1390. The fraction of sp³-hybridized carbons (Fsp3) is 0.0833. The van der Waals surface area contributed by atoms with Crippen LogP contribution in [0.2, 0.25) is 5.02 Å². The van der Waals surface area contributed by atoms with Crippen LogP contribution in [0.1, 0.15) is 15.9 Å². The molecule has 6 nitrogen and oxygen atoms in total. The van der Waals surface area contributed by atoms with Crippen LogP contribution in [-0.4, -0.2) is 12.8 Å². The van der Waals surface area contributed by atoms with E-state index in [1.54, 1.807) is 54.6 Å². The van der Waals surface area contributed by atoms with Gasteiger partial charge in [0.15, 0.2) is 11.5 Å². The van der Waals surface area contributed by atoms with E-state index in [1.807, 2.05) is 6.92 Å². The lowest BCUT2D eigenvalue weighted by molar-refractivity contribution is 0.0734. The van der Waals surface area contributed by atoms with Gasteiger partial charge >= 0.3 is 11.6 Å². The number of carbonyl (C=O) groups excluding carboxylic acids is 1. The number of halogens is 1. The Hall–Kier alpha value is -3.77. The van der Waals surface area contributed by atoms with Crippen LogP contribution in [0.15, 0.2) is 69.9 Å². The second-order valence-corrected chi connectivity index (χ2v) is 7.45. The van der Waals surface area contributed by atoms with E-state index in [4.69, 9.17) is 30.2 Å². The lowest BCUT2D eigenvalue weighted by atomic mass is 10.00. The maximum atomic E-state index is 12.7. The van der Waals surface area contributed by atoms with Gasteiger partial charge in [0.25, 0.3) is 0 Å². The molecule has 1 aliphatic rings. The predicted molar refractivity (Wildman–Crippen MR) is 115 cm³/mol. The lowest BCUT2D eigenvalue weighted by Gasteiger charge is -2.10. The van der Waals surface area contributed by atoms with E-state index in [9.17, 15) is 9.59 Å². The third kappa shape index (κ3) is 3.51. The molecule has 2 heterocycles. The first kappa shape index (κ1) is 19.2. The van der Waals surface area contributed by atoms with Gasteiger partial charge in [-0.25, -0.2) is 9.59 Å². The summed E-state index contributed by atoms with van der Waals surface area (Å²) in [6.45, 7) is 1.97. The molecule has 0 spiro atoms. The molecule has 1 aliphatic heterocycles. The Labute approximate surface area is 181 Å². The van der Waals surface area contributed by atoms with Crippen LogP contribution in [0.3, 0.4) is 0 Å². The molecule has 31 heavy (non-hydrogen) atoms. The number of carbonyl (C=O) groups is 1. The highest BCUT2D eigenvalue weighted by molar-refractivity contribution is 6.30. The van der Waals surface area contributed by atoms with Crippen molar-refractivity contribution in [2.45, 2.75) is 6.92 Å². The Morgan fingerprint density at radius 3 is 2.55 bits per heavy atom. The number of fused-ring (bicyclic) bond motifs is 2. The molecule has 5 rings (SSSR count). The summed E-state index contributed by atoms with van der Waals surface area (Å²) in [6.07, 6.45) is 0. The maximum absolute atomic E-state index is 12.7. The molecular weight excluding hydrogens is 420 g/mol. The molecule has 4 aromatic rings. The highest BCUT2D eigenvalue weighted by atomic mass is 35.5. The van der Waals surface area contributed by atoms with E-state index in [2.05, 4.69) is 0 Å². The number of rotatable bonds is 3. The van der Waals surface area contributed by atoms with E-state index in [1.165, 1.54) is 6.07 Å². The monoisotopic (exact) mass is 434 g/mol. The van der Waals surface area contributed by atoms with Crippen molar-refractivity contribution in [2.75, 3.05) is 6.79 Å². The second-order valence-electron chi connectivity index (χ2n) is 7.01. The fourth-order valence-corrected chi connectivity index (χ4v) is 3.67. The number of hydrogen-bond donors (Lipinski definition) is 0. The Morgan fingerprint density at radius 2 is 1.74 bits per heavy atom. The zero-order valence-corrected chi connectivity index (χ0v) is 17.1.